The van der Waals surface area contributed by atoms with Crippen molar-refractivity contribution < 1.29 is 18.0 Å². The smallest absolute Gasteiger partial charge is 0.332 e. The van der Waals surface area contributed by atoms with Gasteiger partial charge in [-0.2, -0.15) is 13.2 Å². The minimum absolute atomic E-state index is 0.184. The number of unbranched alkanes of at least 4 members (excludes halogenated alkanes) is 1. The van der Waals surface area contributed by atoms with Crippen molar-refractivity contribution in [2.45, 2.75) is 52.3 Å². The monoisotopic (exact) mass is 225 g/mol. The van der Waals surface area contributed by atoms with E-state index in [1.54, 1.807) is 13.8 Å². The summed E-state index contributed by atoms with van der Waals surface area (Å²) in [4.78, 5) is 12.0. The summed E-state index contributed by atoms with van der Waals surface area (Å²) in [7, 11) is 0. The Hall–Kier alpha value is -0.740. The van der Waals surface area contributed by atoms with Gasteiger partial charge in [0.25, 0.3) is 0 Å². The summed E-state index contributed by atoms with van der Waals surface area (Å²) in [5.74, 6) is -1.72. The summed E-state index contributed by atoms with van der Waals surface area (Å²) in [6.45, 7) is 5.48. The first-order valence-electron chi connectivity index (χ1n) is 5.22. The zero-order valence-corrected chi connectivity index (χ0v) is 9.40. The minimum atomic E-state index is -4.75. The normalized spacial score (nSPS) is 13.7. The Balaban J connectivity index is 4.55. The van der Waals surface area contributed by atoms with E-state index in [1.165, 1.54) is 0 Å². The second-order valence-electron chi connectivity index (χ2n) is 3.61. The van der Waals surface area contributed by atoms with Gasteiger partial charge in [0.2, 0.25) is 0 Å². The third kappa shape index (κ3) is 4.53. The largest absolute Gasteiger partial charge is 0.471 e. The fraction of sp³-hybridized carbons (Fsp3) is 0.900. The summed E-state index contributed by atoms with van der Waals surface area (Å²) < 4.78 is 36.7. The zero-order valence-electron chi connectivity index (χ0n) is 9.40. The van der Waals surface area contributed by atoms with Crippen LogP contribution in [0.2, 0.25) is 0 Å². The van der Waals surface area contributed by atoms with E-state index in [2.05, 4.69) is 0 Å². The molecule has 0 rings (SSSR count). The minimum Gasteiger partial charge on any atom is -0.332 e. The summed E-state index contributed by atoms with van der Waals surface area (Å²) in [5, 5.41) is 0. The third-order valence-corrected chi connectivity index (χ3v) is 2.38. The lowest BCUT2D eigenvalue weighted by Gasteiger charge is -2.29. The lowest BCUT2D eigenvalue weighted by atomic mass is 10.2. The highest BCUT2D eigenvalue weighted by Crippen LogP contribution is 2.21. The molecule has 0 aromatic carbocycles. The van der Waals surface area contributed by atoms with Crippen LogP contribution in [0.5, 0.6) is 0 Å². The molecule has 0 radical (unpaired) electrons. The molecule has 0 heterocycles. The van der Waals surface area contributed by atoms with Gasteiger partial charge < -0.3 is 4.90 Å². The molecule has 2 nitrogen and oxygen atoms in total. The van der Waals surface area contributed by atoms with Gasteiger partial charge in [0.1, 0.15) is 0 Å². The van der Waals surface area contributed by atoms with Crippen LogP contribution >= 0.6 is 0 Å². The summed E-state index contributed by atoms with van der Waals surface area (Å²) in [5.41, 5.74) is 0. The molecule has 1 unspecified atom stereocenters. The Morgan fingerprint density at radius 2 is 1.87 bits per heavy atom. The highest BCUT2D eigenvalue weighted by molar-refractivity contribution is 5.82. The van der Waals surface area contributed by atoms with Gasteiger partial charge in [0.15, 0.2) is 0 Å². The number of hydrogen-bond donors (Lipinski definition) is 0. The van der Waals surface area contributed by atoms with Gasteiger partial charge in [0, 0.05) is 12.6 Å². The molecule has 0 aliphatic heterocycles. The third-order valence-electron chi connectivity index (χ3n) is 2.38. The van der Waals surface area contributed by atoms with Crippen LogP contribution in [0.1, 0.15) is 40.0 Å². The van der Waals surface area contributed by atoms with Crippen LogP contribution in [-0.2, 0) is 4.79 Å². The van der Waals surface area contributed by atoms with Gasteiger partial charge >= 0.3 is 12.1 Å². The van der Waals surface area contributed by atoms with Crippen LogP contribution in [0.4, 0.5) is 13.2 Å². The number of carbonyl (C=O) groups excluding carboxylic acids is 1. The van der Waals surface area contributed by atoms with Gasteiger partial charge in [-0.1, -0.05) is 20.3 Å². The lowest BCUT2D eigenvalue weighted by Crippen LogP contribution is -2.46. The number of carbonyl (C=O) groups is 1. The maximum atomic E-state index is 12.2. The first-order chi connectivity index (χ1) is 6.84. The molecule has 0 bridgehead atoms. The Morgan fingerprint density at radius 3 is 2.20 bits per heavy atom. The molecule has 0 aliphatic rings. The highest BCUT2D eigenvalue weighted by atomic mass is 19.4. The van der Waals surface area contributed by atoms with Crippen molar-refractivity contribution in [2.24, 2.45) is 0 Å². The topological polar surface area (TPSA) is 20.3 Å². The van der Waals surface area contributed by atoms with E-state index in [4.69, 9.17) is 0 Å². The van der Waals surface area contributed by atoms with Crippen molar-refractivity contribution >= 4 is 5.91 Å². The van der Waals surface area contributed by atoms with E-state index < -0.39 is 12.1 Å². The zero-order chi connectivity index (χ0) is 12.1. The second kappa shape index (κ2) is 5.98. The van der Waals surface area contributed by atoms with E-state index in [1.807, 2.05) is 6.92 Å². The molecule has 0 aromatic rings. The van der Waals surface area contributed by atoms with Crippen LogP contribution in [0.25, 0.3) is 0 Å². The number of nitrogens with zero attached hydrogens (tertiary/aromatic N) is 1. The van der Waals surface area contributed by atoms with Gasteiger partial charge in [-0.3, -0.25) is 4.79 Å². The summed E-state index contributed by atoms with van der Waals surface area (Å²) in [6.07, 6.45) is -2.84. The Bertz CT molecular complexity index is 203. The Morgan fingerprint density at radius 1 is 1.33 bits per heavy atom. The maximum absolute atomic E-state index is 12.2. The molecule has 0 saturated heterocycles. The van der Waals surface area contributed by atoms with Gasteiger partial charge in [-0.15, -0.1) is 0 Å². The molecular weight excluding hydrogens is 207 g/mol. The summed E-state index contributed by atoms with van der Waals surface area (Å²) >= 11 is 0. The molecular formula is C10H18F3NO. The average molecular weight is 225 g/mol. The molecule has 0 aliphatic carbocycles. The van der Waals surface area contributed by atoms with Gasteiger partial charge in [-0.05, 0) is 19.8 Å². The molecule has 90 valence electrons. The lowest BCUT2D eigenvalue weighted by molar-refractivity contribution is -0.187. The van der Waals surface area contributed by atoms with Crippen LogP contribution in [0, 0.1) is 0 Å². The van der Waals surface area contributed by atoms with Crippen LogP contribution < -0.4 is 0 Å². The van der Waals surface area contributed by atoms with Crippen molar-refractivity contribution in [2.75, 3.05) is 6.54 Å². The van der Waals surface area contributed by atoms with Crippen molar-refractivity contribution in [3.8, 4) is 0 Å². The SMILES string of the molecule is CCCCN(C(=O)C(F)(F)F)C(C)CC. The molecule has 0 N–H and O–H groups in total. The van der Waals surface area contributed by atoms with Gasteiger partial charge in [-0.25, -0.2) is 0 Å². The molecule has 0 saturated carbocycles. The average Bonchev–Trinajstić information content (AvgIpc) is 2.16. The first kappa shape index (κ1) is 14.3. The quantitative estimate of drug-likeness (QED) is 0.704. The van der Waals surface area contributed by atoms with E-state index in [-0.39, 0.29) is 12.6 Å². The molecule has 1 atom stereocenters. The Labute approximate surface area is 88.4 Å². The Kier molecular flexibility index (Phi) is 5.68. The van der Waals surface area contributed by atoms with Crippen molar-refractivity contribution in [1.29, 1.82) is 0 Å². The van der Waals surface area contributed by atoms with Crippen molar-refractivity contribution in [1.82, 2.24) is 4.90 Å². The van der Waals surface area contributed by atoms with Crippen molar-refractivity contribution in [3.63, 3.8) is 0 Å². The number of halogens is 3. The number of rotatable bonds is 5. The molecule has 5 heteroatoms. The molecule has 1 amide bonds. The fourth-order valence-electron chi connectivity index (χ4n) is 1.23. The predicted molar refractivity (Wildman–Crippen MR) is 52.4 cm³/mol. The van der Waals surface area contributed by atoms with E-state index in [0.29, 0.717) is 12.8 Å². The fourth-order valence-corrected chi connectivity index (χ4v) is 1.23. The maximum Gasteiger partial charge on any atom is 0.471 e. The summed E-state index contributed by atoms with van der Waals surface area (Å²) in [6, 6.07) is -0.356. The number of alkyl halides is 3. The second-order valence-corrected chi connectivity index (χ2v) is 3.61. The molecule has 0 fully saturated rings. The molecule has 15 heavy (non-hydrogen) atoms. The number of amides is 1. The standard InChI is InChI=1S/C10H18F3NO/c1-4-6-7-14(8(3)5-2)9(15)10(11,12)13/h8H,4-7H2,1-3H3. The van der Waals surface area contributed by atoms with E-state index in [0.717, 1.165) is 11.3 Å². The van der Waals surface area contributed by atoms with E-state index in [9.17, 15) is 18.0 Å². The van der Waals surface area contributed by atoms with E-state index >= 15 is 0 Å². The van der Waals surface area contributed by atoms with Crippen LogP contribution in [-0.4, -0.2) is 29.6 Å². The molecule has 0 spiro atoms. The molecule has 0 aromatic heterocycles. The van der Waals surface area contributed by atoms with Crippen LogP contribution in [0.15, 0.2) is 0 Å². The number of hydrogen-bond acceptors (Lipinski definition) is 1. The predicted octanol–water partition coefficient (Wildman–Crippen LogP) is 2.98. The first-order valence-corrected chi connectivity index (χ1v) is 5.22. The van der Waals surface area contributed by atoms with Crippen LogP contribution in [0.3, 0.4) is 0 Å². The highest BCUT2D eigenvalue weighted by Gasteiger charge is 2.43. The van der Waals surface area contributed by atoms with Crippen molar-refractivity contribution in [3.05, 3.63) is 0 Å². The van der Waals surface area contributed by atoms with Gasteiger partial charge in [0.05, 0.1) is 0 Å².